The van der Waals surface area contributed by atoms with Gasteiger partial charge in [0.25, 0.3) is 5.91 Å². The Morgan fingerprint density at radius 3 is 2.92 bits per heavy atom. The molecule has 1 N–H and O–H groups in total. The Balaban J connectivity index is 1.46. The molecule has 1 aliphatic heterocycles. The zero-order valence-corrected chi connectivity index (χ0v) is 13.9. The molecule has 0 saturated carbocycles. The summed E-state index contributed by atoms with van der Waals surface area (Å²) in [5.41, 5.74) is 0.879. The summed E-state index contributed by atoms with van der Waals surface area (Å²) in [4.78, 5) is 24.8. The Labute approximate surface area is 143 Å². The lowest BCUT2D eigenvalue weighted by atomic mass is 10.2. The maximum atomic E-state index is 12.0. The molecule has 2 heterocycles. The van der Waals surface area contributed by atoms with Crippen LogP contribution >= 0.6 is 11.3 Å². The minimum Gasteiger partial charge on any atom is -0.454 e. The highest BCUT2D eigenvalue weighted by molar-refractivity contribution is 7.10. The normalized spacial score (nSPS) is 13.4. The number of benzene rings is 1. The van der Waals surface area contributed by atoms with E-state index in [0.717, 1.165) is 10.4 Å². The van der Waals surface area contributed by atoms with Crippen LogP contribution in [0, 0.1) is 0 Å². The summed E-state index contributed by atoms with van der Waals surface area (Å²) in [6.45, 7) is 2.09. The first kappa shape index (κ1) is 16.3. The Kier molecular flexibility index (Phi) is 5.00. The van der Waals surface area contributed by atoms with Gasteiger partial charge in [-0.3, -0.25) is 9.59 Å². The number of carbonyl (C=O) groups is 2. The maximum Gasteiger partial charge on any atom is 0.311 e. The molecule has 2 aromatic rings. The van der Waals surface area contributed by atoms with Crippen molar-refractivity contribution in [3.63, 3.8) is 0 Å². The fourth-order valence-electron chi connectivity index (χ4n) is 2.23. The summed E-state index contributed by atoms with van der Waals surface area (Å²) in [5, 5.41) is 4.64. The molecule has 0 unspecified atom stereocenters. The average molecular weight is 347 g/mol. The van der Waals surface area contributed by atoms with E-state index in [1.165, 1.54) is 11.3 Å². The summed E-state index contributed by atoms with van der Waals surface area (Å²) in [7, 11) is 0. The molecule has 126 valence electrons. The van der Waals surface area contributed by atoms with Gasteiger partial charge < -0.3 is 19.5 Å². The van der Waals surface area contributed by atoms with Crippen LogP contribution in [0.2, 0.25) is 0 Å². The van der Waals surface area contributed by atoms with Crippen LogP contribution in [-0.4, -0.2) is 24.8 Å². The van der Waals surface area contributed by atoms with Crippen LogP contribution in [0.3, 0.4) is 0 Å². The van der Waals surface area contributed by atoms with E-state index in [1.807, 2.05) is 29.6 Å². The van der Waals surface area contributed by atoms with Crippen molar-refractivity contribution in [3.8, 4) is 11.5 Å². The van der Waals surface area contributed by atoms with Crippen molar-refractivity contribution in [2.45, 2.75) is 26.0 Å². The first-order chi connectivity index (χ1) is 11.6. The van der Waals surface area contributed by atoms with E-state index in [0.29, 0.717) is 18.0 Å². The van der Waals surface area contributed by atoms with Gasteiger partial charge in [-0.05, 0) is 36.1 Å². The number of ether oxygens (including phenoxy) is 3. The van der Waals surface area contributed by atoms with Gasteiger partial charge in [0.05, 0.1) is 6.42 Å². The fourth-order valence-corrected chi connectivity index (χ4v) is 2.92. The number of amides is 1. The number of fused-ring (bicyclic) bond motifs is 1. The first-order valence-electron chi connectivity index (χ1n) is 7.50. The molecule has 0 spiro atoms. The molecule has 0 saturated heterocycles. The quantitative estimate of drug-likeness (QED) is 0.812. The van der Waals surface area contributed by atoms with Crippen LogP contribution in [0.1, 0.15) is 17.4 Å². The summed E-state index contributed by atoms with van der Waals surface area (Å²) in [6.07, 6.45) is -0.663. The molecule has 0 aliphatic carbocycles. The molecule has 1 aromatic heterocycles. The second-order valence-corrected chi connectivity index (χ2v) is 6.33. The highest BCUT2D eigenvalue weighted by atomic mass is 32.1. The van der Waals surface area contributed by atoms with Crippen molar-refractivity contribution in [2.75, 3.05) is 6.79 Å². The predicted molar refractivity (Wildman–Crippen MR) is 88.0 cm³/mol. The van der Waals surface area contributed by atoms with Gasteiger partial charge in [-0.1, -0.05) is 12.1 Å². The summed E-state index contributed by atoms with van der Waals surface area (Å²) >= 11 is 1.48. The van der Waals surface area contributed by atoms with E-state index >= 15 is 0 Å². The lowest BCUT2D eigenvalue weighted by Crippen LogP contribution is -2.35. The van der Waals surface area contributed by atoms with Gasteiger partial charge in [-0.2, -0.15) is 0 Å². The van der Waals surface area contributed by atoms with Crippen molar-refractivity contribution in [1.29, 1.82) is 0 Å². The van der Waals surface area contributed by atoms with Crippen LogP contribution in [0.25, 0.3) is 0 Å². The molecule has 0 fully saturated rings. The number of nitrogens with one attached hydrogen (secondary N) is 1. The summed E-state index contributed by atoms with van der Waals surface area (Å²) in [5.74, 6) is 0.605. The number of hydrogen-bond donors (Lipinski definition) is 1. The van der Waals surface area contributed by atoms with Crippen LogP contribution in [0.5, 0.6) is 11.5 Å². The summed E-state index contributed by atoms with van der Waals surface area (Å²) in [6, 6.07) is 9.19. The van der Waals surface area contributed by atoms with Crippen LogP contribution in [-0.2, 0) is 27.3 Å². The Morgan fingerprint density at radius 2 is 2.12 bits per heavy atom. The molecule has 1 amide bonds. The van der Waals surface area contributed by atoms with Gasteiger partial charge in [0, 0.05) is 11.4 Å². The SMILES string of the molecule is C[C@@H](OC(=O)Cc1cccs1)C(=O)NCc1ccc2c(c1)OCO2. The molecule has 7 heteroatoms. The molecule has 1 aliphatic rings. The van der Waals surface area contributed by atoms with Crippen molar-refractivity contribution in [3.05, 3.63) is 46.2 Å². The zero-order valence-electron chi connectivity index (χ0n) is 13.1. The number of esters is 1. The fraction of sp³-hybridized carbons (Fsp3) is 0.294. The lowest BCUT2D eigenvalue weighted by molar-refractivity contribution is -0.154. The molecule has 0 bridgehead atoms. The monoisotopic (exact) mass is 347 g/mol. The van der Waals surface area contributed by atoms with E-state index in [-0.39, 0.29) is 19.1 Å². The first-order valence-corrected chi connectivity index (χ1v) is 8.38. The van der Waals surface area contributed by atoms with Crippen molar-refractivity contribution in [1.82, 2.24) is 5.32 Å². The van der Waals surface area contributed by atoms with Gasteiger partial charge in [-0.15, -0.1) is 11.3 Å². The van der Waals surface area contributed by atoms with Crippen molar-refractivity contribution >= 4 is 23.2 Å². The third-order valence-electron chi connectivity index (χ3n) is 3.48. The topological polar surface area (TPSA) is 73.9 Å². The van der Waals surface area contributed by atoms with Gasteiger partial charge in [0.1, 0.15) is 0 Å². The van der Waals surface area contributed by atoms with Crippen molar-refractivity contribution in [2.24, 2.45) is 0 Å². The third kappa shape index (κ3) is 4.05. The average Bonchev–Trinajstić information content (AvgIpc) is 3.23. The second-order valence-electron chi connectivity index (χ2n) is 5.29. The third-order valence-corrected chi connectivity index (χ3v) is 4.36. The Bertz CT molecular complexity index is 729. The number of carbonyl (C=O) groups excluding carboxylic acids is 2. The predicted octanol–water partition coefficient (Wildman–Crippen LogP) is 2.27. The van der Waals surface area contributed by atoms with Gasteiger partial charge >= 0.3 is 5.97 Å². The van der Waals surface area contributed by atoms with Crippen LogP contribution in [0.15, 0.2) is 35.7 Å². The molecular weight excluding hydrogens is 330 g/mol. The number of rotatable bonds is 6. The number of thiophene rings is 1. The van der Waals surface area contributed by atoms with E-state index in [4.69, 9.17) is 14.2 Å². The largest absolute Gasteiger partial charge is 0.454 e. The minimum atomic E-state index is -0.841. The molecule has 24 heavy (non-hydrogen) atoms. The van der Waals surface area contributed by atoms with E-state index in [1.54, 1.807) is 13.0 Å². The molecule has 6 nitrogen and oxygen atoms in total. The van der Waals surface area contributed by atoms with Crippen LogP contribution in [0.4, 0.5) is 0 Å². The molecule has 1 atom stereocenters. The van der Waals surface area contributed by atoms with Gasteiger partial charge in [-0.25, -0.2) is 0 Å². The second kappa shape index (κ2) is 7.35. The minimum absolute atomic E-state index is 0.178. The number of hydrogen-bond acceptors (Lipinski definition) is 6. The van der Waals surface area contributed by atoms with E-state index in [9.17, 15) is 9.59 Å². The van der Waals surface area contributed by atoms with E-state index in [2.05, 4.69) is 5.32 Å². The Morgan fingerprint density at radius 1 is 1.29 bits per heavy atom. The smallest absolute Gasteiger partial charge is 0.311 e. The maximum absolute atomic E-state index is 12.0. The molecule has 3 rings (SSSR count). The van der Waals surface area contributed by atoms with Gasteiger partial charge in [0.15, 0.2) is 17.6 Å². The highest BCUT2D eigenvalue weighted by Gasteiger charge is 2.19. The Hall–Kier alpha value is -2.54. The molecule has 1 aromatic carbocycles. The lowest BCUT2D eigenvalue weighted by Gasteiger charge is -2.13. The molecular formula is C17H17NO5S. The highest BCUT2D eigenvalue weighted by Crippen LogP contribution is 2.32. The van der Waals surface area contributed by atoms with Gasteiger partial charge in [0.2, 0.25) is 6.79 Å². The summed E-state index contributed by atoms with van der Waals surface area (Å²) < 4.78 is 15.7. The van der Waals surface area contributed by atoms with Crippen molar-refractivity contribution < 1.29 is 23.8 Å². The molecule has 0 radical (unpaired) electrons. The van der Waals surface area contributed by atoms with E-state index < -0.39 is 12.1 Å². The zero-order chi connectivity index (χ0) is 16.9. The standard InChI is InChI=1S/C17H17NO5S/c1-11(23-16(19)8-13-3-2-6-24-13)17(20)18-9-12-4-5-14-15(7-12)22-10-21-14/h2-7,11H,8-10H2,1H3,(H,18,20)/t11-/m1/s1. The van der Waals surface area contributed by atoms with Crippen LogP contribution < -0.4 is 14.8 Å².